The Labute approximate surface area is 227 Å². The summed E-state index contributed by atoms with van der Waals surface area (Å²) in [5.41, 5.74) is 3.38. The minimum absolute atomic E-state index is 0.0767. The van der Waals surface area contributed by atoms with Crippen LogP contribution in [0.25, 0.3) is 16.5 Å². The molecule has 0 unspecified atom stereocenters. The number of pyridine rings is 1. The van der Waals surface area contributed by atoms with Gasteiger partial charge in [-0.15, -0.1) is 0 Å². The Morgan fingerprint density at radius 3 is 2.62 bits per heavy atom. The number of nitrogens with zero attached hydrogens (tertiary/aromatic N) is 5. The summed E-state index contributed by atoms with van der Waals surface area (Å²) in [7, 11) is 5.74. The molecule has 0 radical (unpaired) electrons. The van der Waals surface area contributed by atoms with Crippen LogP contribution in [-0.2, 0) is 14.9 Å². The van der Waals surface area contributed by atoms with Gasteiger partial charge in [-0.2, -0.15) is 13.2 Å². The van der Waals surface area contributed by atoms with Crippen LogP contribution in [0.4, 0.5) is 18.9 Å². The summed E-state index contributed by atoms with van der Waals surface area (Å²) in [5.74, 6) is 0.361. The minimum Gasteiger partial charge on any atom is -0.478 e. The Morgan fingerprint density at radius 1 is 1.26 bits per heavy atom. The second-order valence-electron chi connectivity index (χ2n) is 10.6. The van der Waals surface area contributed by atoms with Crippen LogP contribution in [-0.4, -0.2) is 87.5 Å². The van der Waals surface area contributed by atoms with E-state index in [2.05, 4.69) is 21.6 Å². The summed E-state index contributed by atoms with van der Waals surface area (Å²) >= 11 is 0. The molecule has 2 aliphatic heterocycles. The van der Waals surface area contributed by atoms with E-state index in [9.17, 15) is 18.0 Å². The highest BCUT2D eigenvalue weighted by molar-refractivity contribution is 6.12. The molecule has 0 aliphatic carbocycles. The number of halogens is 3. The zero-order valence-electron chi connectivity index (χ0n) is 23.0. The van der Waals surface area contributed by atoms with Gasteiger partial charge in [0.25, 0.3) is 0 Å². The fourth-order valence-corrected chi connectivity index (χ4v) is 5.53. The number of benzene rings is 1. The fourth-order valence-electron chi connectivity index (χ4n) is 5.53. The number of hydrogen-bond acceptors (Lipinski definition) is 6. The Morgan fingerprint density at radius 2 is 1.97 bits per heavy atom. The van der Waals surface area contributed by atoms with E-state index < -0.39 is 18.1 Å². The lowest BCUT2D eigenvalue weighted by Crippen LogP contribution is -2.50. The maximum absolute atomic E-state index is 13.6. The minimum atomic E-state index is -4.26. The van der Waals surface area contributed by atoms with Crippen molar-refractivity contribution in [3.05, 3.63) is 53.6 Å². The van der Waals surface area contributed by atoms with E-state index in [4.69, 9.17) is 4.74 Å². The van der Waals surface area contributed by atoms with Crippen LogP contribution in [0.15, 0.2) is 47.4 Å². The van der Waals surface area contributed by atoms with E-state index in [1.807, 2.05) is 45.3 Å². The van der Waals surface area contributed by atoms with Crippen molar-refractivity contribution in [1.29, 1.82) is 0 Å². The number of likely N-dealkylation sites (tertiary alicyclic amines) is 1. The highest BCUT2D eigenvalue weighted by Crippen LogP contribution is 2.50. The molecular weight excluding hydrogens is 507 g/mol. The van der Waals surface area contributed by atoms with E-state index in [0.717, 1.165) is 46.3 Å². The molecule has 1 saturated heterocycles. The number of likely N-dealkylation sites (N-methyl/N-ethyl adjacent to an activating group) is 1. The number of rotatable bonds is 9. The lowest BCUT2D eigenvalue weighted by atomic mass is 9.72. The molecule has 0 saturated carbocycles. The lowest BCUT2D eigenvalue weighted by molar-refractivity contribution is -0.150. The predicted molar refractivity (Wildman–Crippen MR) is 149 cm³/mol. The van der Waals surface area contributed by atoms with Crippen LogP contribution in [0.3, 0.4) is 0 Å². The van der Waals surface area contributed by atoms with Gasteiger partial charge in [0.05, 0.1) is 36.0 Å². The van der Waals surface area contributed by atoms with Gasteiger partial charge in [-0.25, -0.2) is 4.99 Å². The number of carbonyl (C=O) groups excluding carboxylic acids is 1. The van der Waals surface area contributed by atoms with Crippen molar-refractivity contribution in [1.82, 2.24) is 14.8 Å². The SMILES string of the molecule is C=N/C(=C\C=C(/C)c1ccc2ncc3c(c2c1)C1(CCN(CC(F)(F)F)CC1)C(=O)N3C)OCCCN(C)C. The first-order valence-electron chi connectivity index (χ1n) is 13.1. The molecule has 1 fully saturated rings. The second-order valence-corrected chi connectivity index (χ2v) is 10.6. The van der Waals surface area contributed by atoms with Crippen molar-refractivity contribution < 1.29 is 22.7 Å². The third-order valence-corrected chi connectivity index (χ3v) is 7.60. The van der Waals surface area contributed by atoms with Gasteiger partial charge in [-0.1, -0.05) is 12.1 Å². The molecule has 4 rings (SSSR count). The molecule has 1 aromatic heterocycles. The summed E-state index contributed by atoms with van der Waals surface area (Å²) in [6.07, 6.45) is 2.67. The standard InChI is InChI=1S/C29H36F3N5O2/c1-20(7-10-25(33-2)39-16-6-13-35(3)4)21-8-9-23-22(17-21)26-24(18-34-23)36(5)27(38)28(26)11-14-37(15-12-28)19-29(30,31)32/h7-10,17-18H,2,6,11-16,19H2,1,3-5H3/b20-7+,25-10+. The number of aliphatic imine (C=N–C) groups is 1. The average Bonchev–Trinajstić information content (AvgIpc) is 3.10. The molecule has 0 bridgehead atoms. The first-order valence-corrected chi connectivity index (χ1v) is 13.1. The molecule has 7 nitrogen and oxygen atoms in total. The van der Waals surface area contributed by atoms with E-state index in [-0.39, 0.29) is 19.0 Å². The van der Waals surface area contributed by atoms with Crippen LogP contribution in [0, 0.1) is 0 Å². The molecule has 2 aliphatic rings. The predicted octanol–water partition coefficient (Wildman–Crippen LogP) is 5.02. The molecule has 0 N–H and O–H groups in total. The summed E-state index contributed by atoms with van der Waals surface area (Å²) in [4.78, 5) is 27.2. The molecule has 3 heterocycles. The van der Waals surface area contributed by atoms with Crippen molar-refractivity contribution in [3.63, 3.8) is 0 Å². The van der Waals surface area contributed by atoms with Crippen LogP contribution < -0.4 is 4.90 Å². The summed E-state index contributed by atoms with van der Waals surface area (Å²) in [5, 5.41) is 0.853. The van der Waals surface area contributed by atoms with Gasteiger partial charge < -0.3 is 14.5 Å². The van der Waals surface area contributed by atoms with Gasteiger partial charge >= 0.3 is 6.18 Å². The third kappa shape index (κ3) is 6.17. The number of fused-ring (bicyclic) bond motifs is 4. The molecular formula is C29H36F3N5O2. The maximum Gasteiger partial charge on any atom is 0.401 e. The van der Waals surface area contributed by atoms with E-state index in [0.29, 0.717) is 25.3 Å². The number of amides is 1. The van der Waals surface area contributed by atoms with Crippen LogP contribution in [0.2, 0.25) is 0 Å². The highest BCUT2D eigenvalue weighted by Gasteiger charge is 2.52. The monoisotopic (exact) mass is 543 g/mol. The number of ether oxygens (including phenoxy) is 1. The molecule has 210 valence electrons. The first kappa shape index (κ1) is 28.8. The van der Waals surface area contributed by atoms with Gasteiger partial charge in [0.15, 0.2) is 0 Å². The molecule has 1 spiro atoms. The number of aromatic nitrogens is 1. The smallest absolute Gasteiger partial charge is 0.401 e. The lowest BCUT2D eigenvalue weighted by Gasteiger charge is -2.38. The average molecular weight is 544 g/mol. The zero-order chi connectivity index (χ0) is 28.4. The first-order chi connectivity index (χ1) is 18.4. The molecule has 39 heavy (non-hydrogen) atoms. The highest BCUT2D eigenvalue weighted by atomic mass is 19.4. The number of alkyl halides is 3. The summed E-state index contributed by atoms with van der Waals surface area (Å²) in [6, 6.07) is 5.92. The van der Waals surface area contributed by atoms with Gasteiger partial charge in [-0.3, -0.25) is 14.7 Å². The van der Waals surface area contributed by atoms with E-state index in [1.165, 1.54) is 4.90 Å². The van der Waals surface area contributed by atoms with Gasteiger partial charge in [0.1, 0.15) is 0 Å². The van der Waals surface area contributed by atoms with Crippen molar-refractivity contribution in [2.45, 2.75) is 37.8 Å². The van der Waals surface area contributed by atoms with Crippen LogP contribution >= 0.6 is 0 Å². The van der Waals surface area contributed by atoms with Crippen LogP contribution in [0.5, 0.6) is 0 Å². The number of allylic oxidation sites excluding steroid dienone is 3. The molecule has 0 atom stereocenters. The maximum atomic E-state index is 13.6. The third-order valence-electron chi connectivity index (χ3n) is 7.60. The Bertz CT molecular complexity index is 1290. The normalized spacial score (nSPS) is 18.4. The molecule has 1 aromatic carbocycles. The van der Waals surface area contributed by atoms with Crippen molar-refractivity contribution >= 4 is 34.8 Å². The topological polar surface area (TPSA) is 61.3 Å². The van der Waals surface area contributed by atoms with Crippen molar-refractivity contribution in [2.75, 3.05) is 58.8 Å². The second kappa shape index (κ2) is 11.5. The summed E-state index contributed by atoms with van der Waals surface area (Å²) in [6.45, 7) is 6.48. The Kier molecular flexibility index (Phi) is 8.46. The Hall–Kier alpha value is -3.24. The molecule has 2 aromatic rings. The number of piperidine rings is 1. The largest absolute Gasteiger partial charge is 0.478 e. The van der Waals surface area contributed by atoms with Gasteiger partial charge in [-0.05, 0) is 83.4 Å². The number of carbonyl (C=O) groups is 1. The van der Waals surface area contributed by atoms with Crippen molar-refractivity contribution in [3.8, 4) is 0 Å². The van der Waals surface area contributed by atoms with Gasteiger partial charge in [0.2, 0.25) is 11.8 Å². The number of hydrogen-bond donors (Lipinski definition) is 0. The number of anilines is 1. The van der Waals surface area contributed by atoms with Gasteiger partial charge in [0, 0.05) is 30.6 Å². The van der Waals surface area contributed by atoms with Crippen LogP contribution in [0.1, 0.15) is 37.3 Å². The fraction of sp³-hybridized carbons (Fsp3) is 0.483. The van der Waals surface area contributed by atoms with Crippen molar-refractivity contribution in [2.24, 2.45) is 4.99 Å². The zero-order valence-corrected chi connectivity index (χ0v) is 23.0. The van der Waals surface area contributed by atoms with E-state index in [1.54, 1.807) is 24.2 Å². The summed E-state index contributed by atoms with van der Waals surface area (Å²) < 4.78 is 44.7. The molecule has 10 heteroatoms. The van der Waals surface area contributed by atoms with E-state index >= 15 is 0 Å². The quantitative estimate of drug-likeness (QED) is 0.192. The molecule has 1 amide bonds. The Balaban J connectivity index is 1.64.